The van der Waals surface area contributed by atoms with Crippen molar-refractivity contribution in [2.45, 2.75) is 59.5 Å². The summed E-state index contributed by atoms with van der Waals surface area (Å²) in [4.78, 5) is 0. The average Bonchev–Trinajstić information content (AvgIpc) is 2.67. The summed E-state index contributed by atoms with van der Waals surface area (Å²) in [5.74, 6) is 1.28. The summed E-state index contributed by atoms with van der Waals surface area (Å²) in [6.07, 6.45) is 5.06. The van der Waals surface area contributed by atoms with E-state index in [1.165, 1.54) is 42.5 Å². The third-order valence-corrected chi connectivity index (χ3v) is 4.65. The number of unbranched alkanes of at least 4 members (excludes halogenated alkanes) is 3. The molecule has 0 amide bonds. The Bertz CT molecular complexity index is 602. The molecule has 2 rings (SSSR count). The first-order chi connectivity index (χ1) is 9.60. The van der Waals surface area contributed by atoms with E-state index < -0.39 is 0 Å². The van der Waals surface area contributed by atoms with Crippen molar-refractivity contribution in [3.63, 3.8) is 0 Å². The van der Waals surface area contributed by atoms with E-state index in [-0.39, 0.29) is 0 Å². The van der Waals surface area contributed by atoms with Gasteiger partial charge in [-0.15, -0.1) is 0 Å². The van der Waals surface area contributed by atoms with Gasteiger partial charge in [0, 0.05) is 19.1 Å². The minimum absolute atomic E-state index is 0.629. The predicted molar refractivity (Wildman–Crippen MR) is 86.7 cm³/mol. The fraction of sp³-hybridized carbons (Fsp3) is 0.562. The highest BCUT2D eigenvalue weighted by molar-refractivity contribution is 6.42. The summed E-state index contributed by atoms with van der Waals surface area (Å²) in [6, 6.07) is 3.98. The van der Waals surface area contributed by atoms with Gasteiger partial charge in [0.1, 0.15) is 0 Å². The lowest BCUT2D eigenvalue weighted by atomic mass is 10.2. The molecule has 0 radical (unpaired) electrons. The van der Waals surface area contributed by atoms with E-state index in [2.05, 4.69) is 29.9 Å². The summed E-state index contributed by atoms with van der Waals surface area (Å²) in [5.41, 5.74) is 2.37. The van der Waals surface area contributed by atoms with E-state index in [0.717, 1.165) is 13.1 Å². The van der Waals surface area contributed by atoms with Crippen molar-refractivity contribution in [1.82, 2.24) is 4.57 Å². The van der Waals surface area contributed by atoms with Gasteiger partial charge >= 0.3 is 0 Å². The zero-order valence-electron chi connectivity index (χ0n) is 12.5. The van der Waals surface area contributed by atoms with Crippen LogP contribution < -0.4 is 4.57 Å². The number of benzene rings is 1. The number of aryl methyl sites for hydroxylation is 2. The van der Waals surface area contributed by atoms with Gasteiger partial charge in [-0.05, 0) is 19.8 Å². The number of aromatic nitrogens is 2. The van der Waals surface area contributed by atoms with Crippen LogP contribution in [0.2, 0.25) is 10.0 Å². The van der Waals surface area contributed by atoms with Crippen LogP contribution in [-0.2, 0) is 13.1 Å². The Morgan fingerprint density at radius 2 is 1.75 bits per heavy atom. The molecule has 110 valence electrons. The molecule has 0 spiro atoms. The van der Waals surface area contributed by atoms with Crippen LogP contribution in [0.1, 0.15) is 45.4 Å². The number of halogens is 2. The molecule has 0 N–H and O–H groups in total. The smallest absolute Gasteiger partial charge is 0.228 e. The third kappa shape index (κ3) is 2.96. The highest BCUT2D eigenvalue weighted by Crippen LogP contribution is 2.27. The molecular weight excluding hydrogens is 291 g/mol. The Morgan fingerprint density at radius 1 is 1.05 bits per heavy atom. The highest BCUT2D eigenvalue weighted by Gasteiger charge is 2.21. The molecule has 0 atom stereocenters. The molecule has 2 nitrogen and oxygen atoms in total. The maximum Gasteiger partial charge on any atom is 0.254 e. The molecule has 0 fully saturated rings. The molecule has 1 heterocycles. The fourth-order valence-corrected chi connectivity index (χ4v) is 3.15. The summed E-state index contributed by atoms with van der Waals surface area (Å²) >= 11 is 12.4. The normalized spacial score (nSPS) is 11.4. The molecule has 4 heteroatoms. The van der Waals surface area contributed by atoms with E-state index in [9.17, 15) is 0 Å². The highest BCUT2D eigenvalue weighted by atomic mass is 35.5. The van der Waals surface area contributed by atoms with E-state index in [1.807, 2.05) is 12.1 Å². The minimum Gasteiger partial charge on any atom is -0.228 e. The molecule has 0 saturated heterocycles. The Hall–Kier alpha value is -0.730. The lowest BCUT2D eigenvalue weighted by molar-refractivity contribution is -0.678. The quantitative estimate of drug-likeness (QED) is 0.515. The second-order valence-corrected chi connectivity index (χ2v) is 6.07. The number of hydrogen-bond acceptors (Lipinski definition) is 0. The van der Waals surface area contributed by atoms with Gasteiger partial charge in [-0.25, -0.2) is 9.13 Å². The summed E-state index contributed by atoms with van der Waals surface area (Å²) < 4.78 is 4.67. The Labute approximate surface area is 131 Å². The van der Waals surface area contributed by atoms with Crippen molar-refractivity contribution >= 4 is 34.2 Å². The van der Waals surface area contributed by atoms with Crippen LogP contribution in [0.15, 0.2) is 12.1 Å². The molecular formula is C16H23Cl2N2+. The van der Waals surface area contributed by atoms with Crippen molar-refractivity contribution < 1.29 is 4.57 Å². The molecule has 20 heavy (non-hydrogen) atoms. The van der Waals surface area contributed by atoms with Gasteiger partial charge in [-0.2, -0.15) is 0 Å². The van der Waals surface area contributed by atoms with Crippen LogP contribution in [0.3, 0.4) is 0 Å². The lowest BCUT2D eigenvalue weighted by Gasteiger charge is -2.01. The fourth-order valence-electron chi connectivity index (χ4n) is 2.83. The number of fused-ring (bicyclic) bond motifs is 1. The predicted octanol–water partition coefficient (Wildman–Crippen LogP) is 5.14. The van der Waals surface area contributed by atoms with Crippen molar-refractivity contribution in [2.75, 3.05) is 0 Å². The molecule has 0 unspecified atom stereocenters. The van der Waals surface area contributed by atoms with Gasteiger partial charge in [0.2, 0.25) is 0 Å². The summed E-state index contributed by atoms with van der Waals surface area (Å²) in [6.45, 7) is 8.57. The van der Waals surface area contributed by atoms with Gasteiger partial charge in [0.15, 0.2) is 11.0 Å². The van der Waals surface area contributed by atoms with Crippen LogP contribution in [0.25, 0.3) is 11.0 Å². The Balaban J connectivity index is 2.42. The first-order valence-corrected chi connectivity index (χ1v) is 8.23. The molecule has 1 aromatic carbocycles. The lowest BCUT2D eigenvalue weighted by Crippen LogP contribution is -2.36. The molecule has 0 aliphatic carbocycles. The molecule has 0 aliphatic rings. The first kappa shape index (κ1) is 15.7. The Morgan fingerprint density at radius 3 is 2.40 bits per heavy atom. The van der Waals surface area contributed by atoms with Gasteiger partial charge < -0.3 is 0 Å². The topological polar surface area (TPSA) is 8.81 Å². The van der Waals surface area contributed by atoms with Crippen molar-refractivity contribution in [2.24, 2.45) is 0 Å². The van der Waals surface area contributed by atoms with E-state index in [4.69, 9.17) is 23.2 Å². The number of rotatable bonds is 6. The second-order valence-electron chi connectivity index (χ2n) is 5.26. The standard InChI is InChI=1S/C16H23Cl2N2/c1-4-6-7-8-9-20-12(3)19(5-2)15-10-13(17)14(18)11-16(15)20/h10-11H,4-9H2,1-3H3/q+1. The van der Waals surface area contributed by atoms with Crippen LogP contribution in [-0.4, -0.2) is 4.57 Å². The van der Waals surface area contributed by atoms with Crippen LogP contribution in [0.4, 0.5) is 0 Å². The number of nitrogens with zero attached hydrogens (tertiary/aromatic N) is 2. The molecule has 0 aliphatic heterocycles. The Kier molecular flexibility index (Phi) is 5.34. The van der Waals surface area contributed by atoms with E-state index in [0.29, 0.717) is 10.0 Å². The van der Waals surface area contributed by atoms with Crippen LogP contribution >= 0.6 is 23.2 Å². The van der Waals surface area contributed by atoms with Gasteiger partial charge in [-0.1, -0.05) is 43.0 Å². The van der Waals surface area contributed by atoms with Gasteiger partial charge in [0.25, 0.3) is 5.82 Å². The maximum absolute atomic E-state index is 6.19. The summed E-state index contributed by atoms with van der Waals surface area (Å²) in [5, 5.41) is 1.26. The van der Waals surface area contributed by atoms with E-state index in [1.54, 1.807) is 0 Å². The number of imidazole rings is 1. The molecule has 0 saturated carbocycles. The van der Waals surface area contributed by atoms with Crippen LogP contribution in [0.5, 0.6) is 0 Å². The summed E-state index contributed by atoms with van der Waals surface area (Å²) in [7, 11) is 0. The molecule has 0 bridgehead atoms. The SMILES string of the molecule is CCCCCC[n+]1c(C)n(CC)c2cc(Cl)c(Cl)cc21. The third-order valence-electron chi connectivity index (χ3n) is 3.93. The van der Waals surface area contributed by atoms with E-state index >= 15 is 0 Å². The number of hydrogen-bond donors (Lipinski definition) is 0. The maximum atomic E-state index is 6.19. The van der Waals surface area contributed by atoms with Crippen molar-refractivity contribution in [1.29, 1.82) is 0 Å². The van der Waals surface area contributed by atoms with Gasteiger partial charge in [0.05, 0.1) is 23.1 Å². The largest absolute Gasteiger partial charge is 0.254 e. The zero-order chi connectivity index (χ0) is 14.7. The molecule has 1 aromatic heterocycles. The minimum atomic E-state index is 0.629. The second kappa shape index (κ2) is 6.82. The zero-order valence-corrected chi connectivity index (χ0v) is 14.1. The van der Waals surface area contributed by atoms with Crippen molar-refractivity contribution in [3.05, 3.63) is 28.0 Å². The average molecular weight is 314 g/mol. The van der Waals surface area contributed by atoms with Crippen LogP contribution in [0, 0.1) is 6.92 Å². The van der Waals surface area contributed by atoms with Gasteiger partial charge in [-0.3, -0.25) is 0 Å². The first-order valence-electron chi connectivity index (χ1n) is 7.47. The van der Waals surface area contributed by atoms with Crippen molar-refractivity contribution in [3.8, 4) is 0 Å². The molecule has 2 aromatic rings. The monoisotopic (exact) mass is 313 g/mol.